The molecule has 0 saturated carbocycles. The zero-order valence-electron chi connectivity index (χ0n) is 15.3. The number of rotatable bonds is 4. The van der Waals surface area contributed by atoms with Gasteiger partial charge in [0, 0.05) is 34.6 Å². The van der Waals surface area contributed by atoms with Gasteiger partial charge in [0.25, 0.3) is 11.5 Å². The van der Waals surface area contributed by atoms with Crippen molar-refractivity contribution in [2.24, 2.45) is 0 Å². The molecule has 3 aromatic heterocycles. The van der Waals surface area contributed by atoms with E-state index in [4.69, 9.17) is 11.6 Å². The molecule has 0 fully saturated rings. The van der Waals surface area contributed by atoms with E-state index < -0.39 is 0 Å². The summed E-state index contributed by atoms with van der Waals surface area (Å²) >= 11 is 7.22. The van der Waals surface area contributed by atoms with E-state index >= 15 is 0 Å². The molecule has 8 heteroatoms. The summed E-state index contributed by atoms with van der Waals surface area (Å²) in [5, 5.41) is 5.65. The lowest BCUT2D eigenvalue weighted by Gasteiger charge is -2.08. The van der Waals surface area contributed by atoms with Gasteiger partial charge in [0.2, 0.25) is 0 Å². The number of thiazole rings is 1. The number of hydrogen-bond donors (Lipinski definition) is 1. The molecule has 0 aliphatic carbocycles. The number of amides is 1. The Kier molecular flexibility index (Phi) is 5.24. The van der Waals surface area contributed by atoms with Gasteiger partial charge < -0.3 is 0 Å². The molecule has 3 heterocycles. The fourth-order valence-electron chi connectivity index (χ4n) is 2.79. The predicted octanol–water partition coefficient (Wildman–Crippen LogP) is 4.57. The van der Waals surface area contributed by atoms with Crippen molar-refractivity contribution in [2.45, 2.75) is 6.92 Å². The van der Waals surface area contributed by atoms with Crippen LogP contribution < -0.4 is 10.9 Å². The second-order valence-electron chi connectivity index (χ2n) is 6.26. The number of pyridine rings is 2. The van der Waals surface area contributed by atoms with Crippen molar-refractivity contribution in [3.8, 4) is 17.1 Å². The van der Waals surface area contributed by atoms with Crippen molar-refractivity contribution < 1.29 is 4.79 Å². The van der Waals surface area contributed by atoms with Gasteiger partial charge in [-0.3, -0.25) is 24.5 Å². The third-order valence-electron chi connectivity index (χ3n) is 4.25. The molecular weight excluding hydrogens is 408 g/mol. The highest BCUT2D eigenvalue weighted by Crippen LogP contribution is 2.25. The maximum Gasteiger partial charge on any atom is 0.258 e. The highest BCUT2D eigenvalue weighted by molar-refractivity contribution is 7.14. The molecule has 0 bridgehead atoms. The number of aromatic nitrogens is 3. The van der Waals surface area contributed by atoms with Crippen molar-refractivity contribution in [1.82, 2.24) is 14.5 Å². The highest BCUT2D eigenvalue weighted by atomic mass is 35.5. The SMILES string of the molecule is Cc1cccnc1-c1csc(NC(=O)c2ccc(=O)n(-c3ccc(Cl)cc3)c2)n1. The Morgan fingerprint density at radius 2 is 1.93 bits per heavy atom. The van der Waals surface area contributed by atoms with E-state index in [1.54, 1.807) is 30.5 Å². The number of hydrogen-bond acceptors (Lipinski definition) is 5. The first-order chi connectivity index (χ1) is 14.0. The Balaban J connectivity index is 1.58. The van der Waals surface area contributed by atoms with Crippen LogP contribution in [0.2, 0.25) is 5.02 Å². The lowest BCUT2D eigenvalue weighted by atomic mass is 10.2. The summed E-state index contributed by atoms with van der Waals surface area (Å²) in [6.07, 6.45) is 3.21. The summed E-state index contributed by atoms with van der Waals surface area (Å²) in [7, 11) is 0. The van der Waals surface area contributed by atoms with E-state index in [0.29, 0.717) is 27.1 Å². The Morgan fingerprint density at radius 1 is 1.14 bits per heavy atom. The van der Waals surface area contributed by atoms with Crippen molar-refractivity contribution in [3.05, 3.63) is 92.8 Å². The standard InChI is InChI=1S/C21H15ClN4O2S/c1-13-3-2-10-23-19(13)17-12-29-21(24-17)25-20(28)14-4-9-18(27)26(11-14)16-7-5-15(22)6-8-16/h2-12H,1H3,(H,24,25,28). The molecular formula is C21H15ClN4O2S. The number of nitrogens with zero attached hydrogens (tertiary/aromatic N) is 3. The molecule has 0 radical (unpaired) electrons. The van der Waals surface area contributed by atoms with Gasteiger partial charge in [-0.25, -0.2) is 4.98 Å². The first kappa shape index (κ1) is 19.0. The molecule has 4 rings (SSSR count). The van der Waals surface area contributed by atoms with Crippen molar-refractivity contribution in [1.29, 1.82) is 0 Å². The smallest absolute Gasteiger partial charge is 0.258 e. The molecule has 4 aromatic rings. The van der Waals surface area contributed by atoms with Crippen molar-refractivity contribution in [3.63, 3.8) is 0 Å². The van der Waals surface area contributed by atoms with Gasteiger partial charge >= 0.3 is 0 Å². The zero-order chi connectivity index (χ0) is 20.4. The molecule has 1 amide bonds. The van der Waals surface area contributed by atoms with E-state index in [-0.39, 0.29) is 11.5 Å². The number of carbonyl (C=O) groups is 1. The molecule has 29 heavy (non-hydrogen) atoms. The third-order valence-corrected chi connectivity index (χ3v) is 5.26. The average Bonchev–Trinajstić information content (AvgIpc) is 3.17. The minimum absolute atomic E-state index is 0.244. The number of nitrogens with one attached hydrogen (secondary N) is 1. The van der Waals surface area contributed by atoms with E-state index in [1.807, 2.05) is 24.4 Å². The normalized spacial score (nSPS) is 10.7. The summed E-state index contributed by atoms with van der Waals surface area (Å²) in [6.45, 7) is 1.96. The van der Waals surface area contributed by atoms with E-state index in [2.05, 4.69) is 15.3 Å². The Bertz CT molecular complexity index is 1250. The number of aryl methyl sites for hydroxylation is 1. The molecule has 144 valence electrons. The second kappa shape index (κ2) is 7.98. The Labute approximate surface area is 175 Å². The van der Waals surface area contributed by atoms with E-state index in [1.165, 1.54) is 34.2 Å². The Morgan fingerprint density at radius 3 is 2.69 bits per heavy atom. The monoisotopic (exact) mass is 422 g/mol. The summed E-state index contributed by atoms with van der Waals surface area (Å²) in [6, 6.07) is 13.5. The second-order valence-corrected chi connectivity index (χ2v) is 7.56. The lowest BCUT2D eigenvalue weighted by molar-refractivity contribution is 0.102. The van der Waals surface area contributed by atoms with Crippen LogP contribution in [0.1, 0.15) is 15.9 Å². The van der Waals surface area contributed by atoms with Crippen LogP contribution in [0.4, 0.5) is 5.13 Å². The molecule has 0 unspecified atom stereocenters. The molecule has 0 saturated heterocycles. The van der Waals surface area contributed by atoms with Gasteiger partial charge in [0.1, 0.15) is 5.69 Å². The van der Waals surface area contributed by atoms with Crippen molar-refractivity contribution >= 4 is 34.0 Å². The maximum atomic E-state index is 12.7. The number of benzene rings is 1. The largest absolute Gasteiger partial charge is 0.298 e. The third kappa shape index (κ3) is 4.11. The highest BCUT2D eigenvalue weighted by Gasteiger charge is 2.13. The van der Waals surface area contributed by atoms with E-state index in [0.717, 1.165) is 11.3 Å². The molecule has 0 aliphatic rings. The fourth-order valence-corrected chi connectivity index (χ4v) is 3.60. The minimum Gasteiger partial charge on any atom is -0.298 e. The van der Waals surface area contributed by atoms with Gasteiger partial charge in [-0.05, 0) is 48.9 Å². The van der Waals surface area contributed by atoms with Gasteiger partial charge in [-0.15, -0.1) is 11.3 Å². The summed E-state index contributed by atoms with van der Waals surface area (Å²) < 4.78 is 1.40. The van der Waals surface area contributed by atoms with Crippen LogP contribution in [0, 0.1) is 6.92 Å². The van der Waals surface area contributed by atoms with Gasteiger partial charge in [-0.1, -0.05) is 17.7 Å². The number of carbonyl (C=O) groups excluding carboxylic acids is 1. The van der Waals surface area contributed by atoms with Crippen LogP contribution >= 0.6 is 22.9 Å². The molecule has 0 aliphatic heterocycles. The van der Waals surface area contributed by atoms with Crippen LogP contribution in [0.15, 0.2) is 71.1 Å². The van der Waals surface area contributed by atoms with Crippen molar-refractivity contribution in [2.75, 3.05) is 5.32 Å². The topological polar surface area (TPSA) is 76.9 Å². The maximum absolute atomic E-state index is 12.7. The van der Waals surface area contributed by atoms with Crippen LogP contribution in [0.25, 0.3) is 17.1 Å². The van der Waals surface area contributed by atoms with Crippen LogP contribution in [0.3, 0.4) is 0 Å². The molecule has 0 spiro atoms. The number of anilines is 1. The van der Waals surface area contributed by atoms with E-state index in [9.17, 15) is 9.59 Å². The quantitative estimate of drug-likeness (QED) is 0.522. The molecule has 1 aromatic carbocycles. The fraction of sp³-hybridized carbons (Fsp3) is 0.0476. The van der Waals surface area contributed by atoms with Gasteiger partial charge in [-0.2, -0.15) is 0 Å². The van der Waals surface area contributed by atoms with Gasteiger partial charge in [0.15, 0.2) is 5.13 Å². The predicted molar refractivity (Wildman–Crippen MR) is 115 cm³/mol. The molecule has 1 N–H and O–H groups in total. The number of halogens is 1. The van der Waals surface area contributed by atoms with Crippen LogP contribution in [-0.4, -0.2) is 20.4 Å². The molecule has 6 nitrogen and oxygen atoms in total. The van der Waals surface area contributed by atoms with Crippen LogP contribution in [-0.2, 0) is 0 Å². The average molecular weight is 423 g/mol. The summed E-state index contributed by atoms with van der Waals surface area (Å²) in [5.74, 6) is -0.355. The summed E-state index contributed by atoms with van der Waals surface area (Å²) in [5.41, 5.74) is 3.20. The minimum atomic E-state index is -0.355. The first-order valence-electron chi connectivity index (χ1n) is 8.69. The summed E-state index contributed by atoms with van der Waals surface area (Å²) in [4.78, 5) is 33.7. The first-order valence-corrected chi connectivity index (χ1v) is 9.94. The lowest BCUT2D eigenvalue weighted by Crippen LogP contribution is -2.20. The zero-order valence-corrected chi connectivity index (χ0v) is 16.9. The van der Waals surface area contributed by atoms with Gasteiger partial charge in [0.05, 0.1) is 11.3 Å². The molecule has 0 atom stereocenters. The van der Waals surface area contributed by atoms with Crippen LogP contribution in [0.5, 0.6) is 0 Å². The Hall–Kier alpha value is -3.29.